The molecule has 5 heteroatoms. The van der Waals surface area contributed by atoms with Crippen molar-refractivity contribution >= 4 is 15.7 Å². The second kappa shape index (κ2) is 5.28. The molecule has 1 aliphatic carbocycles. The van der Waals surface area contributed by atoms with Crippen LogP contribution in [-0.2, 0) is 10.0 Å². The van der Waals surface area contributed by atoms with Gasteiger partial charge in [-0.05, 0) is 49.9 Å². The predicted octanol–water partition coefficient (Wildman–Crippen LogP) is 2.20. The van der Waals surface area contributed by atoms with E-state index in [1.807, 2.05) is 12.1 Å². The Morgan fingerprint density at radius 3 is 2.39 bits per heavy atom. The molecule has 1 unspecified atom stereocenters. The lowest BCUT2D eigenvalue weighted by atomic mass is 10.2. The lowest BCUT2D eigenvalue weighted by Crippen LogP contribution is -2.23. The largest absolute Gasteiger partial charge is 0.382 e. The summed E-state index contributed by atoms with van der Waals surface area (Å²) in [4.78, 5) is 0.314. The van der Waals surface area contributed by atoms with Crippen molar-refractivity contribution in [2.24, 2.45) is 5.92 Å². The highest BCUT2D eigenvalue weighted by molar-refractivity contribution is 7.89. The Balaban J connectivity index is 2.05. The molecule has 0 heterocycles. The van der Waals surface area contributed by atoms with E-state index in [0.717, 1.165) is 11.6 Å². The minimum absolute atomic E-state index is 0.314. The van der Waals surface area contributed by atoms with Gasteiger partial charge in [0.15, 0.2) is 0 Å². The van der Waals surface area contributed by atoms with Crippen LogP contribution in [0.4, 0.5) is 5.69 Å². The highest BCUT2D eigenvalue weighted by Gasteiger charge is 2.27. The summed E-state index contributed by atoms with van der Waals surface area (Å²) in [6, 6.07) is 7.38. The Bertz CT molecular complexity index is 492. The molecular formula is C13H20N2O2S. The SMILES string of the molecule is CCNS(=O)(=O)c1ccc(NC(C)C2CC2)cc1. The Hall–Kier alpha value is -1.07. The highest BCUT2D eigenvalue weighted by atomic mass is 32.2. The third-order valence-electron chi connectivity index (χ3n) is 3.22. The molecular weight excluding hydrogens is 248 g/mol. The van der Waals surface area contributed by atoms with Crippen molar-refractivity contribution in [1.82, 2.24) is 4.72 Å². The predicted molar refractivity (Wildman–Crippen MR) is 73.1 cm³/mol. The molecule has 0 aliphatic heterocycles. The number of hydrogen-bond acceptors (Lipinski definition) is 3. The minimum Gasteiger partial charge on any atom is -0.382 e. The fourth-order valence-electron chi connectivity index (χ4n) is 1.98. The number of sulfonamides is 1. The average molecular weight is 268 g/mol. The average Bonchev–Trinajstić information content (AvgIpc) is 3.13. The molecule has 0 bridgehead atoms. The molecule has 1 fully saturated rings. The Kier molecular flexibility index (Phi) is 3.92. The first-order valence-electron chi connectivity index (χ1n) is 6.39. The van der Waals surface area contributed by atoms with Crippen LogP contribution in [0.15, 0.2) is 29.2 Å². The van der Waals surface area contributed by atoms with Gasteiger partial charge in [0, 0.05) is 18.3 Å². The maximum absolute atomic E-state index is 11.8. The molecule has 2 rings (SSSR count). The van der Waals surface area contributed by atoms with Crippen LogP contribution >= 0.6 is 0 Å². The van der Waals surface area contributed by atoms with Crippen LogP contribution < -0.4 is 10.0 Å². The molecule has 2 N–H and O–H groups in total. The van der Waals surface area contributed by atoms with Crippen molar-refractivity contribution < 1.29 is 8.42 Å². The number of hydrogen-bond donors (Lipinski definition) is 2. The summed E-state index contributed by atoms with van der Waals surface area (Å²) in [6.45, 7) is 4.34. The third kappa shape index (κ3) is 3.23. The van der Waals surface area contributed by atoms with Gasteiger partial charge in [0.1, 0.15) is 0 Å². The van der Waals surface area contributed by atoms with Gasteiger partial charge < -0.3 is 5.32 Å². The molecule has 1 atom stereocenters. The van der Waals surface area contributed by atoms with Crippen LogP contribution in [0, 0.1) is 5.92 Å². The molecule has 4 nitrogen and oxygen atoms in total. The molecule has 1 aromatic carbocycles. The van der Waals surface area contributed by atoms with Gasteiger partial charge in [-0.1, -0.05) is 6.92 Å². The Morgan fingerprint density at radius 1 is 1.28 bits per heavy atom. The van der Waals surface area contributed by atoms with Crippen molar-refractivity contribution in [3.8, 4) is 0 Å². The maximum atomic E-state index is 11.8. The number of benzene rings is 1. The minimum atomic E-state index is -3.34. The number of nitrogens with one attached hydrogen (secondary N) is 2. The summed E-state index contributed by atoms with van der Waals surface area (Å²) in [7, 11) is -3.34. The van der Waals surface area contributed by atoms with E-state index >= 15 is 0 Å². The van der Waals surface area contributed by atoms with Gasteiger partial charge in [-0.25, -0.2) is 13.1 Å². The van der Waals surface area contributed by atoms with E-state index in [2.05, 4.69) is 17.0 Å². The first-order valence-corrected chi connectivity index (χ1v) is 7.87. The molecule has 0 spiro atoms. The third-order valence-corrected chi connectivity index (χ3v) is 4.78. The van der Waals surface area contributed by atoms with E-state index < -0.39 is 10.0 Å². The van der Waals surface area contributed by atoms with Crippen molar-refractivity contribution in [2.75, 3.05) is 11.9 Å². The van der Waals surface area contributed by atoms with Crippen LogP contribution in [0.2, 0.25) is 0 Å². The molecule has 100 valence electrons. The topological polar surface area (TPSA) is 58.2 Å². The van der Waals surface area contributed by atoms with Gasteiger partial charge in [-0.15, -0.1) is 0 Å². The van der Waals surface area contributed by atoms with Crippen LogP contribution in [0.25, 0.3) is 0 Å². The Labute approximate surface area is 109 Å². The molecule has 0 saturated heterocycles. The number of anilines is 1. The van der Waals surface area contributed by atoms with Gasteiger partial charge in [-0.2, -0.15) is 0 Å². The Morgan fingerprint density at radius 2 is 1.89 bits per heavy atom. The van der Waals surface area contributed by atoms with Crippen LogP contribution in [-0.4, -0.2) is 21.0 Å². The van der Waals surface area contributed by atoms with E-state index in [0.29, 0.717) is 17.5 Å². The van der Waals surface area contributed by atoms with E-state index in [9.17, 15) is 8.42 Å². The molecule has 1 aliphatic rings. The second-order valence-corrected chi connectivity index (χ2v) is 6.56. The second-order valence-electron chi connectivity index (χ2n) is 4.80. The van der Waals surface area contributed by atoms with Gasteiger partial charge in [0.05, 0.1) is 4.90 Å². The van der Waals surface area contributed by atoms with Crippen molar-refractivity contribution in [2.45, 2.75) is 37.6 Å². The van der Waals surface area contributed by atoms with Crippen molar-refractivity contribution in [1.29, 1.82) is 0 Å². The first kappa shape index (κ1) is 13.4. The maximum Gasteiger partial charge on any atom is 0.240 e. The standard InChI is InChI=1S/C13H20N2O2S/c1-3-14-18(16,17)13-8-6-12(7-9-13)15-10(2)11-4-5-11/h6-11,14-15H,3-5H2,1-2H3. The van der Waals surface area contributed by atoms with Gasteiger partial charge >= 0.3 is 0 Å². The van der Waals surface area contributed by atoms with Gasteiger partial charge in [-0.3, -0.25) is 0 Å². The molecule has 1 saturated carbocycles. The lowest BCUT2D eigenvalue weighted by Gasteiger charge is -2.14. The first-order chi connectivity index (χ1) is 8.53. The fourth-order valence-corrected chi connectivity index (χ4v) is 3.02. The van der Waals surface area contributed by atoms with E-state index in [-0.39, 0.29) is 0 Å². The molecule has 1 aromatic rings. The van der Waals surface area contributed by atoms with Crippen LogP contribution in [0.1, 0.15) is 26.7 Å². The summed E-state index contributed by atoms with van der Waals surface area (Å²) < 4.78 is 26.0. The summed E-state index contributed by atoms with van der Waals surface area (Å²) >= 11 is 0. The van der Waals surface area contributed by atoms with Crippen LogP contribution in [0.3, 0.4) is 0 Å². The van der Waals surface area contributed by atoms with Crippen molar-refractivity contribution in [3.05, 3.63) is 24.3 Å². The fraction of sp³-hybridized carbons (Fsp3) is 0.538. The summed E-state index contributed by atoms with van der Waals surface area (Å²) in [6.07, 6.45) is 2.59. The van der Waals surface area contributed by atoms with Crippen molar-refractivity contribution in [3.63, 3.8) is 0 Å². The normalized spacial score (nSPS) is 17.4. The lowest BCUT2D eigenvalue weighted by molar-refractivity contribution is 0.584. The van der Waals surface area contributed by atoms with Gasteiger partial charge in [0.25, 0.3) is 0 Å². The quantitative estimate of drug-likeness (QED) is 0.831. The molecule has 0 aromatic heterocycles. The molecule has 0 amide bonds. The zero-order valence-electron chi connectivity index (χ0n) is 10.8. The molecule has 18 heavy (non-hydrogen) atoms. The van der Waals surface area contributed by atoms with E-state index in [1.54, 1.807) is 19.1 Å². The number of rotatable bonds is 6. The van der Waals surface area contributed by atoms with Crippen LogP contribution in [0.5, 0.6) is 0 Å². The monoisotopic (exact) mass is 268 g/mol. The summed E-state index contributed by atoms with van der Waals surface area (Å²) in [5, 5.41) is 3.40. The molecule has 0 radical (unpaired) electrons. The highest BCUT2D eigenvalue weighted by Crippen LogP contribution is 2.33. The summed E-state index contributed by atoms with van der Waals surface area (Å²) in [5.41, 5.74) is 0.977. The summed E-state index contributed by atoms with van der Waals surface area (Å²) in [5.74, 6) is 0.773. The smallest absolute Gasteiger partial charge is 0.240 e. The van der Waals surface area contributed by atoms with E-state index in [1.165, 1.54) is 12.8 Å². The zero-order valence-corrected chi connectivity index (χ0v) is 11.6. The zero-order chi connectivity index (χ0) is 13.2. The van der Waals surface area contributed by atoms with E-state index in [4.69, 9.17) is 0 Å². The van der Waals surface area contributed by atoms with Gasteiger partial charge in [0.2, 0.25) is 10.0 Å².